The molecule has 1 amide bonds. The lowest BCUT2D eigenvalue weighted by atomic mass is 10.0. The number of carboxylic acid groups (broad SMARTS) is 1. The summed E-state index contributed by atoms with van der Waals surface area (Å²) in [5, 5.41) is 11.7. The number of nitrogens with two attached hydrogens (primary N) is 1. The van der Waals surface area contributed by atoms with Crippen molar-refractivity contribution in [2.45, 2.75) is 110 Å². The second-order valence-electron chi connectivity index (χ2n) is 7.74. The molecule has 0 rings (SSSR count). The van der Waals surface area contributed by atoms with Gasteiger partial charge in [-0.3, -0.25) is 0 Å². The molecule has 6 heteroatoms. The van der Waals surface area contributed by atoms with Gasteiger partial charge in [0.15, 0.2) is 0 Å². The van der Waals surface area contributed by atoms with Gasteiger partial charge in [-0.15, -0.1) is 0 Å². The summed E-state index contributed by atoms with van der Waals surface area (Å²) in [7, 11) is 0. The molecular formula is C19H38N2O4. The second-order valence-corrected chi connectivity index (χ2v) is 7.74. The first-order chi connectivity index (χ1) is 11.7. The number of nitrogens with one attached hydrogen (secondary N) is 1. The minimum atomic E-state index is -1.13. The molecule has 4 N–H and O–H groups in total. The predicted octanol–water partition coefficient (Wildman–Crippen LogP) is 4.21. The van der Waals surface area contributed by atoms with Crippen LogP contribution in [-0.2, 0) is 9.53 Å². The van der Waals surface area contributed by atoms with Crippen molar-refractivity contribution in [2.75, 3.05) is 0 Å². The first kappa shape index (κ1) is 23.7. The minimum absolute atomic E-state index is 0.572. The van der Waals surface area contributed by atoms with E-state index in [1.807, 2.05) is 0 Å². The zero-order valence-corrected chi connectivity index (χ0v) is 16.5. The number of unbranched alkanes of at least 4 members (excludes halogenated alkanes) is 8. The van der Waals surface area contributed by atoms with Crippen molar-refractivity contribution in [3.8, 4) is 0 Å². The number of carbonyl (C=O) groups is 2. The third-order valence-electron chi connectivity index (χ3n) is 4.01. The van der Waals surface area contributed by atoms with Crippen LogP contribution < -0.4 is 11.1 Å². The SMILES string of the molecule is CCCCCCCCCCC[C@@H](N)[C@@H](NC(=O)OC(C)(C)C)C(=O)O. The molecule has 25 heavy (non-hydrogen) atoms. The Labute approximate surface area is 152 Å². The highest BCUT2D eigenvalue weighted by molar-refractivity contribution is 5.80. The zero-order chi connectivity index (χ0) is 19.3. The highest BCUT2D eigenvalue weighted by atomic mass is 16.6. The third kappa shape index (κ3) is 13.6. The molecule has 0 aromatic heterocycles. The van der Waals surface area contributed by atoms with E-state index in [0.29, 0.717) is 6.42 Å². The number of aliphatic carboxylic acids is 1. The lowest BCUT2D eigenvalue weighted by Crippen LogP contribution is -2.53. The van der Waals surface area contributed by atoms with Crippen molar-refractivity contribution in [2.24, 2.45) is 5.73 Å². The van der Waals surface area contributed by atoms with E-state index >= 15 is 0 Å². The molecule has 2 atom stereocenters. The average Bonchev–Trinajstić information content (AvgIpc) is 2.48. The molecule has 0 aliphatic rings. The fraction of sp³-hybridized carbons (Fsp3) is 0.895. The van der Waals surface area contributed by atoms with Gasteiger partial charge >= 0.3 is 12.1 Å². The van der Waals surface area contributed by atoms with Crippen molar-refractivity contribution in [1.82, 2.24) is 5.32 Å². The number of hydrogen-bond acceptors (Lipinski definition) is 4. The third-order valence-corrected chi connectivity index (χ3v) is 4.01. The Bertz CT molecular complexity index is 380. The molecule has 0 unspecified atom stereocenters. The highest BCUT2D eigenvalue weighted by Crippen LogP contribution is 2.12. The van der Waals surface area contributed by atoms with Gasteiger partial charge in [-0.2, -0.15) is 0 Å². The van der Waals surface area contributed by atoms with Crippen molar-refractivity contribution in [3.05, 3.63) is 0 Å². The van der Waals surface area contributed by atoms with E-state index in [9.17, 15) is 14.7 Å². The van der Waals surface area contributed by atoms with Gasteiger partial charge in [0.05, 0.1) is 0 Å². The van der Waals surface area contributed by atoms with E-state index in [4.69, 9.17) is 10.5 Å². The number of carbonyl (C=O) groups excluding carboxylic acids is 1. The monoisotopic (exact) mass is 358 g/mol. The molecule has 148 valence electrons. The van der Waals surface area contributed by atoms with Crippen molar-refractivity contribution >= 4 is 12.1 Å². The van der Waals surface area contributed by atoms with E-state index in [1.54, 1.807) is 20.8 Å². The topological polar surface area (TPSA) is 102 Å². The maximum absolute atomic E-state index is 11.7. The molecule has 0 fully saturated rings. The highest BCUT2D eigenvalue weighted by Gasteiger charge is 2.28. The van der Waals surface area contributed by atoms with Gasteiger partial charge in [-0.1, -0.05) is 64.7 Å². The summed E-state index contributed by atoms with van der Waals surface area (Å²) in [5.41, 5.74) is 5.30. The Morgan fingerprint density at radius 3 is 1.92 bits per heavy atom. The van der Waals surface area contributed by atoms with Crippen LogP contribution in [0.25, 0.3) is 0 Å². The van der Waals surface area contributed by atoms with Crippen LogP contribution >= 0.6 is 0 Å². The number of hydrogen-bond donors (Lipinski definition) is 3. The van der Waals surface area contributed by atoms with Crippen LogP contribution in [0.1, 0.15) is 91.9 Å². The van der Waals surface area contributed by atoms with Crippen molar-refractivity contribution < 1.29 is 19.4 Å². The largest absolute Gasteiger partial charge is 0.480 e. The summed E-state index contributed by atoms with van der Waals surface area (Å²) in [4.78, 5) is 23.1. The average molecular weight is 359 g/mol. The normalized spacial score (nSPS) is 14.0. The molecule has 0 aliphatic carbocycles. The van der Waals surface area contributed by atoms with Crippen molar-refractivity contribution in [3.63, 3.8) is 0 Å². The predicted molar refractivity (Wildman–Crippen MR) is 101 cm³/mol. The number of ether oxygens (including phenoxy) is 1. The summed E-state index contributed by atoms with van der Waals surface area (Å²) in [6, 6.07) is -1.74. The molecule has 0 spiro atoms. The quantitative estimate of drug-likeness (QED) is 0.428. The summed E-state index contributed by atoms with van der Waals surface area (Å²) in [6.45, 7) is 7.39. The van der Waals surface area contributed by atoms with E-state index in [-0.39, 0.29) is 0 Å². The maximum Gasteiger partial charge on any atom is 0.408 e. The molecule has 0 aliphatic heterocycles. The lowest BCUT2D eigenvalue weighted by molar-refractivity contribution is -0.140. The molecule has 0 aromatic carbocycles. The Balaban J connectivity index is 3.99. The molecule has 0 aromatic rings. The molecular weight excluding hydrogens is 320 g/mol. The smallest absolute Gasteiger partial charge is 0.408 e. The summed E-state index contributed by atoms with van der Waals surface area (Å²) in [5.74, 6) is -1.13. The van der Waals surface area contributed by atoms with Crippen LogP contribution in [-0.4, -0.2) is 34.9 Å². The van der Waals surface area contributed by atoms with Crippen LogP contribution in [0.4, 0.5) is 4.79 Å². The van der Waals surface area contributed by atoms with Crippen LogP contribution in [0.3, 0.4) is 0 Å². The molecule has 6 nitrogen and oxygen atoms in total. The Morgan fingerprint density at radius 1 is 1.00 bits per heavy atom. The van der Waals surface area contributed by atoms with Crippen molar-refractivity contribution in [1.29, 1.82) is 0 Å². The molecule has 0 saturated carbocycles. The van der Waals surface area contributed by atoms with E-state index in [1.165, 1.54) is 38.5 Å². The van der Waals surface area contributed by atoms with E-state index in [0.717, 1.165) is 19.3 Å². The van der Waals surface area contributed by atoms with Crippen LogP contribution in [0.15, 0.2) is 0 Å². The van der Waals surface area contributed by atoms with Crippen LogP contribution in [0.2, 0.25) is 0 Å². The number of rotatable bonds is 13. The summed E-state index contributed by atoms with van der Waals surface area (Å²) < 4.78 is 5.10. The standard InChI is InChI=1S/C19H38N2O4/c1-5-6-7-8-9-10-11-12-13-14-15(20)16(17(22)23)21-18(24)25-19(2,3)4/h15-16H,5-14,20H2,1-4H3,(H,21,24)(H,22,23)/t15-,16-/m1/s1. The Morgan fingerprint density at radius 2 is 1.48 bits per heavy atom. The second kappa shape index (κ2) is 13.0. The summed E-state index contributed by atoms with van der Waals surface area (Å²) in [6.07, 6.45) is 10.6. The van der Waals surface area contributed by atoms with Gasteiger partial charge in [0.1, 0.15) is 11.6 Å². The number of carboxylic acids is 1. The first-order valence-electron chi connectivity index (χ1n) is 9.65. The zero-order valence-electron chi connectivity index (χ0n) is 16.5. The van der Waals surface area contributed by atoms with Gasteiger partial charge < -0.3 is 20.9 Å². The van der Waals surface area contributed by atoms with Crippen LogP contribution in [0, 0.1) is 0 Å². The minimum Gasteiger partial charge on any atom is -0.480 e. The van der Waals surface area contributed by atoms with Gasteiger partial charge in [0.25, 0.3) is 0 Å². The van der Waals surface area contributed by atoms with Gasteiger partial charge in [0.2, 0.25) is 0 Å². The van der Waals surface area contributed by atoms with E-state index in [2.05, 4.69) is 12.2 Å². The van der Waals surface area contributed by atoms with E-state index < -0.39 is 29.7 Å². The van der Waals surface area contributed by atoms with Gasteiger partial charge in [-0.25, -0.2) is 9.59 Å². The number of alkyl carbamates (subject to hydrolysis) is 1. The Hall–Kier alpha value is -1.30. The Kier molecular flexibility index (Phi) is 12.3. The molecule has 0 bridgehead atoms. The fourth-order valence-electron chi connectivity index (χ4n) is 2.64. The molecule has 0 radical (unpaired) electrons. The summed E-state index contributed by atoms with van der Waals surface area (Å²) >= 11 is 0. The molecule has 0 heterocycles. The van der Waals surface area contributed by atoms with Gasteiger partial charge in [0, 0.05) is 6.04 Å². The first-order valence-corrected chi connectivity index (χ1v) is 9.65. The lowest BCUT2D eigenvalue weighted by Gasteiger charge is -2.24. The fourth-order valence-corrected chi connectivity index (χ4v) is 2.64. The number of amides is 1. The van der Waals surface area contributed by atoms with Gasteiger partial charge in [-0.05, 0) is 27.2 Å². The van der Waals surface area contributed by atoms with Crippen LogP contribution in [0.5, 0.6) is 0 Å². The maximum atomic E-state index is 11.7. The molecule has 0 saturated heterocycles.